The lowest BCUT2D eigenvalue weighted by Gasteiger charge is -2.29. The predicted molar refractivity (Wildman–Crippen MR) is 84.2 cm³/mol. The van der Waals surface area contributed by atoms with Gasteiger partial charge < -0.3 is 10.4 Å². The fraction of sp³-hybridized carbons (Fsp3) is 0.588. The molecule has 0 spiro atoms. The lowest BCUT2D eigenvalue weighted by molar-refractivity contribution is -0.123. The van der Waals surface area contributed by atoms with Crippen LogP contribution in [-0.4, -0.2) is 41.7 Å². The van der Waals surface area contributed by atoms with Gasteiger partial charge in [0, 0.05) is 13.1 Å². The van der Waals surface area contributed by atoms with Crippen LogP contribution in [0.15, 0.2) is 18.2 Å². The number of aliphatic hydroxyl groups is 1. The minimum atomic E-state index is -0.196. The average Bonchev–Trinajstić information content (AvgIpc) is 2.44. The number of nitrogens with one attached hydrogen (secondary N) is 1. The molecule has 1 aromatic rings. The average molecular weight is 290 g/mol. The number of nitrogens with zero attached hydrogens (tertiary/aromatic N) is 1. The number of hydrogen-bond donors (Lipinski definition) is 2. The molecule has 1 aliphatic rings. The summed E-state index contributed by atoms with van der Waals surface area (Å²) in [6.45, 7) is 8.21. The van der Waals surface area contributed by atoms with Crippen molar-refractivity contribution in [2.24, 2.45) is 0 Å². The number of aryl methyl sites for hydroxylation is 2. The second-order valence-corrected chi connectivity index (χ2v) is 6.14. The number of likely N-dealkylation sites (tertiary alicyclic amines) is 1. The summed E-state index contributed by atoms with van der Waals surface area (Å²) in [5, 5.41) is 12.5. The monoisotopic (exact) mass is 290 g/mol. The van der Waals surface area contributed by atoms with E-state index in [4.69, 9.17) is 0 Å². The van der Waals surface area contributed by atoms with E-state index in [1.807, 2.05) is 6.92 Å². The highest BCUT2D eigenvalue weighted by atomic mass is 16.3. The Kier molecular flexibility index (Phi) is 5.37. The van der Waals surface area contributed by atoms with Gasteiger partial charge in [0.25, 0.3) is 0 Å². The van der Waals surface area contributed by atoms with E-state index in [1.165, 1.54) is 11.1 Å². The van der Waals surface area contributed by atoms with Crippen molar-refractivity contribution in [3.8, 4) is 0 Å². The molecule has 1 atom stereocenters. The number of benzene rings is 1. The van der Waals surface area contributed by atoms with Crippen molar-refractivity contribution in [3.63, 3.8) is 0 Å². The number of rotatable bonds is 4. The zero-order valence-corrected chi connectivity index (χ0v) is 13.2. The molecule has 1 fully saturated rings. The van der Waals surface area contributed by atoms with Crippen LogP contribution in [0.4, 0.5) is 0 Å². The second-order valence-electron chi connectivity index (χ2n) is 6.14. The molecule has 2 rings (SSSR count). The molecule has 2 N–H and O–H groups in total. The summed E-state index contributed by atoms with van der Waals surface area (Å²) in [6.07, 6.45) is 1.33. The van der Waals surface area contributed by atoms with Crippen molar-refractivity contribution in [1.29, 1.82) is 0 Å². The van der Waals surface area contributed by atoms with Crippen LogP contribution in [0, 0.1) is 13.8 Å². The quantitative estimate of drug-likeness (QED) is 0.891. The predicted octanol–water partition coefficient (Wildman–Crippen LogP) is 1.94. The standard InChI is InChI=1S/C17H26N2O2/c1-12-4-5-15(10-13(12)2)14(3)18-17(21)11-19-8-6-16(20)7-9-19/h4-5,10,14,16,20H,6-9,11H2,1-3H3,(H,18,21). The van der Waals surface area contributed by atoms with Gasteiger partial charge in [-0.3, -0.25) is 9.69 Å². The van der Waals surface area contributed by atoms with Gasteiger partial charge >= 0.3 is 0 Å². The highest BCUT2D eigenvalue weighted by Gasteiger charge is 2.19. The Balaban J connectivity index is 1.85. The summed E-state index contributed by atoms with van der Waals surface area (Å²) < 4.78 is 0. The Morgan fingerprint density at radius 2 is 2.00 bits per heavy atom. The van der Waals surface area contributed by atoms with Crippen molar-refractivity contribution < 1.29 is 9.90 Å². The van der Waals surface area contributed by atoms with Crippen molar-refractivity contribution in [1.82, 2.24) is 10.2 Å². The fourth-order valence-corrected chi connectivity index (χ4v) is 2.68. The molecule has 116 valence electrons. The van der Waals surface area contributed by atoms with Crippen LogP contribution in [0.25, 0.3) is 0 Å². The lowest BCUT2D eigenvalue weighted by Crippen LogP contribution is -2.43. The molecule has 1 unspecified atom stereocenters. The van der Waals surface area contributed by atoms with Crippen LogP contribution < -0.4 is 5.32 Å². The van der Waals surface area contributed by atoms with Crippen molar-refractivity contribution in [2.45, 2.75) is 45.8 Å². The molecule has 0 aliphatic carbocycles. The summed E-state index contributed by atoms with van der Waals surface area (Å²) in [5.41, 5.74) is 3.66. The topological polar surface area (TPSA) is 52.6 Å². The van der Waals surface area contributed by atoms with Crippen molar-refractivity contribution >= 4 is 5.91 Å². The van der Waals surface area contributed by atoms with Gasteiger partial charge in [0.05, 0.1) is 18.7 Å². The summed E-state index contributed by atoms with van der Waals surface area (Å²) in [4.78, 5) is 14.2. The molecule has 1 amide bonds. The molecule has 1 saturated heterocycles. The molecule has 0 bridgehead atoms. The SMILES string of the molecule is Cc1ccc(C(C)NC(=O)CN2CCC(O)CC2)cc1C. The van der Waals surface area contributed by atoms with E-state index in [2.05, 4.69) is 42.3 Å². The van der Waals surface area contributed by atoms with Gasteiger partial charge in [0.1, 0.15) is 0 Å². The minimum absolute atomic E-state index is 0.0205. The third kappa shape index (κ3) is 4.55. The van der Waals surface area contributed by atoms with E-state index in [0.29, 0.717) is 6.54 Å². The first-order valence-electron chi connectivity index (χ1n) is 7.72. The molecule has 4 nitrogen and oxygen atoms in total. The number of carbonyl (C=O) groups excluding carboxylic acids is 1. The molecule has 4 heteroatoms. The van der Waals surface area contributed by atoms with E-state index in [9.17, 15) is 9.90 Å². The maximum atomic E-state index is 12.1. The van der Waals surface area contributed by atoms with E-state index in [0.717, 1.165) is 31.5 Å². The Labute approximate surface area is 127 Å². The zero-order chi connectivity index (χ0) is 15.4. The normalized spacial score (nSPS) is 18.5. The summed E-state index contributed by atoms with van der Waals surface area (Å²) in [5.74, 6) is 0.0529. The van der Waals surface area contributed by atoms with Crippen LogP contribution in [0.5, 0.6) is 0 Å². The van der Waals surface area contributed by atoms with Crippen LogP contribution in [-0.2, 0) is 4.79 Å². The fourth-order valence-electron chi connectivity index (χ4n) is 2.68. The van der Waals surface area contributed by atoms with Gasteiger partial charge in [0.15, 0.2) is 0 Å². The van der Waals surface area contributed by atoms with Gasteiger partial charge in [-0.1, -0.05) is 18.2 Å². The van der Waals surface area contributed by atoms with Gasteiger partial charge in [-0.05, 0) is 50.3 Å². The molecular formula is C17H26N2O2. The van der Waals surface area contributed by atoms with Crippen LogP contribution in [0.2, 0.25) is 0 Å². The highest BCUT2D eigenvalue weighted by Crippen LogP contribution is 2.17. The maximum Gasteiger partial charge on any atom is 0.234 e. The molecular weight excluding hydrogens is 264 g/mol. The van der Waals surface area contributed by atoms with Gasteiger partial charge in [-0.2, -0.15) is 0 Å². The van der Waals surface area contributed by atoms with Crippen molar-refractivity contribution in [2.75, 3.05) is 19.6 Å². The Bertz CT molecular complexity index is 494. The number of hydrogen-bond acceptors (Lipinski definition) is 3. The first-order valence-corrected chi connectivity index (χ1v) is 7.72. The molecule has 1 aromatic carbocycles. The molecule has 21 heavy (non-hydrogen) atoms. The summed E-state index contributed by atoms with van der Waals surface area (Å²) in [7, 11) is 0. The lowest BCUT2D eigenvalue weighted by atomic mass is 10.0. The maximum absolute atomic E-state index is 12.1. The number of piperidine rings is 1. The minimum Gasteiger partial charge on any atom is -0.393 e. The second kappa shape index (κ2) is 7.05. The Hall–Kier alpha value is -1.39. The van der Waals surface area contributed by atoms with Crippen LogP contribution >= 0.6 is 0 Å². The first-order chi connectivity index (χ1) is 9.95. The van der Waals surface area contributed by atoms with Crippen LogP contribution in [0.3, 0.4) is 0 Å². The molecule has 1 heterocycles. The van der Waals surface area contributed by atoms with E-state index in [1.54, 1.807) is 0 Å². The Morgan fingerprint density at radius 3 is 2.62 bits per heavy atom. The van der Waals surface area contributed by atoms with E-state index >= 15 is 0 Å². The molecule has 0 radical (unpaired) electrons. The number of aliphatic hydroxyl groups excluding tert-OH is 1. The third-order valence-corrected chi connectivity index (χ3v) is 4.33. The first kappa shape index (κ1) is 16.0. The Morgan fingerprint density at radius 1 is 1.33 bits per heavy atom. The van der Waals surface area contributed by atoms with E-state index < -0.39 is 0 Å². The third-order valence-electron chi connectivity index (χ3n) is 4.33. The molecule has 1 aliphatic heterocycles. The molecule has 0 saturated carbocycles. The number of carbonyl (C=O) groups is 1. The summed E-state index contributed by atoms with van der Waals surface area (Å²) >= 11 is 0. The van der Waals surface area contributed by atoms with Crippen LogP contribution in [0.1, 0.15) is 42.5 Å². The largest absolute Gasteiger partial charge is 0.393 e. The smallest absolute Gasteiger partial charge is 0.234 e. The highest BCUT2D eigenvalue weighted by molar-refractivity contribution is 5.78. The zero-order valence-electron chi connectivity index (χ0n) is 13.2. The van der Waals surface area contributed by atoms with Gasteiger partial charge in [-0.25, -0.2) is 0 Å². The van der Waals surface area contributed by atoms with Crippen molar-refractivity contribution in [3.05, 3.63) is 34.9 Å². The van der Waals surface area contributed by atoms with Gasteiger partial charge in [-0.15, -0.1) is 0 Å². The van der Waals surface area contributed by atoms with Gasteiger partial charge in [0.2, 0.25) is 5.91 Å². The molecule has 0 aromatic heterocycles. The van der Waals surface area contributed by atoms with E-state index in [-0.39, 0.29) is 18.1 Å². The summed E-state index contributed by atoms with van der Waals surface area (Å²) in [6, 6.07) is 6.33. The number of amides is 1.